The molecular formula is C13H17Cl2N3O. The average molecular weight is 302 g/mol. The van der Waals surface area contributed by atoms with Crippen LogP contribution in [0.3, 0.4) is 0 Å². The van der Waals surface area contributed by atoms with Crippen molar-refractivity contribution in [2.24, 2.45) is 0 Å². The first-order chi connectivity index (χ1) is 9.10. The Hall–Kier alpha value is -0.840. The first kappa shape index (κ1) is 14.6. The molecule has 1 fully saturated rings. The summed E-state index contributed by atoms with van der Waals surface area (Å²) in [5.41, 5.74) is 0.201. The van der Waals surface area contributed by atoms with E-state index in [1.54, 1.807) is 12.1 Å². The van der Waals surface area contributed by atoms with Gasteiger partial charge in [-0.2, -0.15) is 0 Å². The number of carbonyl (C=O) groups is 1. The second kappa shape index (κ2) is 6.55. The van der Waals surface area contributed by atoms with Crippen molar-refractivity contribution in [3.05, 3.63) is 28.0 Å². The zero-order valence-corrected chi connectivity index (χ0v) is 12.3. The number of piperidine rings is 1. The molecule has 19 heavy (non-hydrogen) atoms. The second-order valence-corrected chi connectivity index (χ2v) is 5.44. The molecule has 1 amide bonds. The Morgan fingerprint density at radius 1 is 1.42 bits per heavy atom. The van der Waals surface area contributed by atoms with Gasteiger partial charge in [0.25, 0.3) is 5.91 Å². The highest BCUT2D eigenvalue weighted by atomic mass is 35.5. The lowest BCUT2D eigenvalue weighted by atomic mass is 10.0. The van der Waals surface area contributed by atoms with Crippen molar-refractivity contribution >= 4 is 29.1 Å². The van der Waals surface area contributed by atoms with Gasteiger partial charge in [0.1, 0.15) is 10.8 Å². The molecule has 2 rings (SSSR count). The molecule has 0 aliphatic carbocycles. The molecule has 0 aromatic carbocycles. The van der Waals surface area contributed by atoms with Crippen LogP contribution in [0.4, 0.5) is 0 Å². The average Bonchev–Trinajstić information content (AvgIpc) is 2.42. The van der Waals surface area contributed by atoms with E-state index < -0.39 is 0 Å². The SMILES string of the molecule is CCN1CCC(NC(=O)c2nc(Cl)ccc2Cl)CC1. The van der Waals surface area contributed by atoms with Crippen molar-refractivity contribution in [1.29, 1.82) is 0 Å². The van der Waals surface area contributed by atoms with Gasteiger partial charge in [0.05, 0.1) is 5.02 Å². The van der Waals surface area contributed by atoms with Crippen LogP contribution in [0, 0.1) is 0 Å². The van der Waals surface area contributed by atoms with Crippen LogP contribution < -0.4 is 5.32 Å². The lowest BCUT2D eigenvalue weighted by molar-refractivity contribution is 0.0908. The van der Waals surface area contributed by atoms with E-state index >= 15 is 0 Å². The summed E-state index contributed by atoms with van der Waals surface area (Å²) in [7, 11) is 0. The zero-order chi connectivity index (χ0) is 13.8. The Labute approximate surface area is 123 Å². The van der Waals surface area contributed by atoms with E-state index in [4.69, 9.17) is 23.2 Å². The number of likely N-dealkylation sites (tertiary alicyclic amines) is 1. The van der Waals surface area contributed by atoms with Gasteiger partial charge in [0.2, 0.25) is 0 Å². The highest BCUT2D eigenvalue weighted by Gasteiger charge is 2.21. The molecule has 0 atom stereocenters. The topological polar surface area (TPSA) is 45.2 Å². The van der Waals surface area contributed by atoms with E-state index in [2.05, 4.69) is 22.1 Å². The molecule has 1 aromatic heterocycles. The number of halogens is 2. The monoisotopic (exact) mass is 301 g/mol. The van der Waals surface area contributed by atoms with Gasteiger partial charge < -0.3 is 10.2 Å². The van der Waals surface area contributed by atoms with E-state index in [9.17, 15) is 4.79 Å². The van der Waals surface area contributed by atoms with Gasteiger partial charge in [-0.1, -0.05) is 30.1 Å². The highest BCUT2D eigenvalue weighted by molar-refractivity contribution is 6.34. The molecule has 0 spiro atoms. The van der Waals surface area contributed by atoms with Crippen LogP contribution in [0.15, 0.2) is 12.1 Å². The number of carbonyl (C=O) groups excluding carboxylic acids is 1. The van der Waals surface area contributed by atoms with Crippen molar-refractivity contribution in [2.75, 3.05) is 19.6 Å². The van der Waals surface area contributed by atoms with Gasteiger partial charge in [0.15, 0.2) is 0 Å². The largest absolute Gasteiger partial charge is 0.348 e. The van der Waals surface area contributed by atoms with E-state index in [0.717, 1.165) is 32.5 Å². The van der Waals surface area contributed by atoms with Crippen LogP contribution in [0.5, 0.6) is 0 Å². The molecule has 1 aliphatic rings. The van der Waals surface area contributed by atoms with Crippen LogP contribution in [-0.4, -0.2) is 41.5 Å². The van der Waals surface area contributed by atoms with Crippen molar-refractivity contribution in [3.63, 3.8) is 0 Å². The summed E-state index contributed by atoms with van der Waals surface area (Å²) >= 11 is 11.7. The number of rotatable bonds is 3. The summed E-state index contributed by atoms with van der Waals surface area (Å²) in [4.78, 5) is 18.5. The molecule has 4 nitrogen and oxygen atoms in total. The van der Waals surface area contributed by atoms with Gasteiger partial charge in [0, 0.05) is 19.1 Å². The first-order valence-corrected chi connectivity index (χ1v) is 7.21. The van der Waals surface area contributed by atoms with Crippen molar-refractivity contribution in [3.8, 4) is 0 Å². The molecule has 1 N–H and O–H groups in total. The Bertz CT molecular complexity index is 459. The number of pyridine rings is 1. The predicted molar refractivity (Wildman–Crippen MR) is 76.9 cm³/mol. The third-order valence-electron chi connectivity index (χ3n) is 3.40. The molecule has 1 saturated heterocycles. The molecule has 6 heteroatoms. The Balaban J connectivity index is 1.96. The highest BCUT2D eigenvalue weighted by Crippen LogP contribution is 2.18. The van der Waals surface area contributed by atoms with Gasteiger partial charge in [-0.25, -0.2) is 4.98 Å². The molecule has 1 aliphatic heterocycles. The minimum Gasteiger partial charge on any atom is -0.348 e. The van der Waals surface area contributed by atoms with Crippen molar-refractivity contribution in [2.45, 2.75) is 25.8 Å². The minimum absolute atomic E-state index is 0.187. The van der Waals surface area contributed by atoms with E-state index in [0.29, 0.717) is 5.02 Å². The van der Waals surface area contributed by atoms with Gasteiger partial charge in [-0.15, -0.1) is 0 Å². The minimum atomic E-state index is -0.248. The fourth-order valence-electron chi connectivity index (χ4n) is 2.22. The van der Waals surface area contributed by atoms with Crippen LogP contribution in [-0.2, 0) is 0 Å². The predicted octanol–water partition coefficient (Wildman–Crippen LogP) is 2.60. The summed E-state index contributed by atoms with van der Waals surface area (Å²) in [6, 6.07) is 3.35. The molecular weight excluding hydrogens is 285 g/mol. The molecule has 104 valence electrons. The fraction of sp³-hybridized carbons (Fsp3) is 0.538. The van der Waals surface area contributed by atoms with Crippen LogP contribution in [0.1, 0.15) is 30.3 Å². The first-order valence-electron chi connectivity index (χ1n) is 6.45. The zero-order valence-electron chi connectivity index (χ0n) is 10.8. The number of nitrogens with one attached hydrogen (secondary N) is 1. The van der Waals surface area contributed by atoms with Crippen LogP contribution >= 0.6 is 23.2 Å². The lowest BCUT2D eigenvalue weighted by Crippen LogP contribution is -2.44. The smallest absolute Gasteiger partial charge is 0.271 e. The molecule has 0 saturated carbocycles. The number of hydrogen-bond donors (Lipinski definition) is 1. The summed E-state index contributed by atoms with van der Waals surface area (Å²) in [5, 5.41) is 3.58. The molecule has 0 unspecified atom stereocenters. The maximum atomic E-state index is 12.1. The summed E-state index contributed by atoms with van der Waals surface area (Å²) in [6.45, 7) is 5.23. The molecule has 1 aromatic rings. The van der Waals surface area contributed by atoms with Gasteiger partial charge >= 0.3 is 0 Å². The van der Waals surface area contributed by atoms with E-state index in [1.165, 1.54) is 0 Å². The standard InChI is InChI=1S/C13H17Cl2N3O/c1-2-18-7-5-9(6-8-18)16-13(19)12-10(14)3-4-11(15)17-12/h3-4,9H,2,5-8H2,1H3,(H,16,19). The van der Waals surface area contributed by atoms with E-state index in [1.807, 2.05) is 0 Å². The third kappa shape index (κ3) is 3.81. The molecule has 0 radical (unpaired) electrons. The molecule has 2 heterocycles. The number of hydrogen-bond acceptors (Lipinski definition) is 3. The fourth-order valence-corrected chi connectivity index (χ4v) is 2.56. The quantitative estimate of drug-likeness (QED) is 0.873. The van der Waals surface area contributed by atoms with Crippen molar-refractivity contribution < 1.29 is 4.79 Å². The van der Waals surface area contributed by atoms with Crippen molar-refractivity contribution in [1.82, 2.24) is 15.2 Å². The summed E-state index contributed by atoms with van der Waals surface area (Å²) in [5.74, 6) is -0.248. The Morgan fingerprint density at radius 2 is 2.11 bits per heavy atom. The summed E-state index contributed by atoms with van der Waals surface area (Å²) < 4.78 is 0. The molecule has 0 bridgehead atoms. The van der Waals surface area contributed by atoms with Crippen LogP contribution in [0.25, 0.3) is 0 Å². The van der Waals surface area contributed by atoms with Gasteiger partial charge in [-0.05, 0) is 31.5 Å². The Kier molecular flexibility index (Phi) is 5.02. The maximum Gasteiger partial charge on any atom is 0.271 e. The number of nitrogens with zero attached hydrogens (tertiary/aromatic N) is 2. The number of aromatic nitrogens is 1. The normalized spacial score (nSPS) is 17.4. The third-order valence-corrected chi connectivity index (χ3v) is 3.91. The lowest BCUT2D eigenvalue weighted by Gasteiger charge is -2.31. The maximum absolute atomic E-state index is 12.1. The van der Waals surface area contributed by atoms with Crippen LogP contribution in [0.2, 0.25) is 10.2 Å². The Morgan fingerprint density at radius 3 is 2.74 bits per heavy atom. The van der Waals surface area contributed by atoms with E-state index in [-0.39, 0.29) is 22.8 Å². The van der Waals surface area contributed by atoms with Gasteiger partial charge in [-0.3, -0.25) is 4.79 Å². The summed E-state index contributed by atoms with van der Waals surface area (Å²) in [6.07, 6.45) is 1.91. The number of amides is 1. The second-order valence-electron chi connectivity index (χ2n) is 4.65.